The van der Waals surface area contributed by atoms with Crippen LogP contribution in [0, 0.1) is 0 Å². The zero-order valence-electron chi connectivity index (χ0n) is 16.1. The molecule has 2 N–H and O–H groups in total. The van der Waals surface area contributed by atoms with Crippen LogP contribution in [0.4, 0.5) is 11.6 Å². The standard InChI is InChI=1S/C23H21N5O/c1-29-22-12-17-6-9-25-13-19(17)11-21(22)28-23-26-14-18-3-2-16(10-20(18)27-23)15-4-7-24-8-5-15/h2-5,7-8,10-12,14,25H,6,9,13H2,1H3,(H,26,27,28). The van der Waals surface area contributed by atoms with Gasteiger partial charge in [0, 0.05) is 30.5 Å². The Hall–Kier alpha value is -3.51. The van der Waals surface area contributed by atoms with Crippen molar-refractivity contribution < 1.29 is 4.74 Å². The van der Waals surface area contributed by atoms with E-state index < -0.39 is 0 Å². The van der Waals surface area contributed by atoms with Crippen LogP contribution in [0.1, 0.15) is 11.1 Å². The number of hydrogen-bond acceptors (Lipinski definition) is 6. The van der Waals surface area contributed by atoms with Crippen LogP contribution in [0.5, 0.6) is 5.75 Å². The Bertz CT molecular complexity index is 1180. The lowest BCUT2D eigenvalue weighted by Gasteiger charge is -2.20. The number of fused-ring (bicyclic) bond motifs is 2. The van der Waals surface area contributed by atoms with Crippen molar-refractivity contribution in [2.24, 2.45) is 0 Å². The largest absolute Gasteiger partial charge is 0.495 e. The molecular formula is C23H21N5O. The molecule has 0 radical (unpaired) electrons. The van der Waals surface area contributed by atoms with E-state index in [1.165, 1.54) is 11.1 Å². The summed E-state index contributed by atoms with van der Waals surface area (Å²) in [5, 5.41) is 7.75. The van der Waals surface area contributed by atoms with E-state index in [0.717, 1.165) is 53.0 Å². The molecule has 0 atom stereocenters. The maximum atomic E-state index is 5.60. The van der Waals surface area contributed by atoms with E-state index in [9.17, 15) is 0 Å². The molecular weight excluding hydrogens is 362 g/mol. The molecule has 6 nitrogen and oxygen atoms in total. The molecule has 0 saturated heterocycles. The number of methoxy groups -OCH3 is 1. The first kappa shape index (κ1) is 17.6. The second-order valence-electron chi connectivity index (χ2n) is 7.08. The summed E-state index contributed by atoms with van der Waals surface area (Å²) in [6.07, 6.45) is 6.44. The Balaban J connectivity index is 1.51. The first-order valence-electron chi connectivity index (χ1n) is 9.65. The summed E-state index contributed by atoms with van der Waals surface area (Å²) >= 11 is 0. The highest BCUT2D eigenvalue weighted by Crippen LogP contribution is 2.32. The number of ether oxygens (including phenoxy) is 1. The smallest absolute Gasteiger partial charge is 0.227 e. The SMILES string of the molecule is COc1cc2c(cc1Nc1ncc3ccc(-c4ccncc4)cc3n1)CNCC2. The number of benzene rings is 2. The van der Waals surface area contributed by atoms with Gasteiger partial charge in [0.15, 0.2) is 0 Å². The van der Waals surface area contributed by atoms with Gasteiger partial charge in [0.2, 0.25) is 5.95 Å². The number of aromatic nitrogens is 3. The summed E-state index contributed by atoms with van der Waals surface area (Å²) in [5.74, 6) is 1.35. The van der Waals surface area contributed by atoms with Gasteiger partial charge in [0.05, 0.1) is 18.3 Å². The maximum Gasteiger partial charge on any atom is 0.227 e. The third-order valence-electron chi connectivity index (χ3n) is 5.25. The lowest BCUT2D eigenvalue weighted by molar-refractivity contribution is 0.415. The summed E-state index contributed by atoms with van der Waals surface area (Å²) < 4.78 is 5.60. The molecule has 144 valence electrons. The summed E-state index contributed by atoms with van der Waals surface area (Å²) in [7, 11) is 1.69. The molecule has 0 bridgehead atoms. The number of pyridine rings is 1. The third kappa shape index (κ3) is 3.50. The normalized spacial score (nSPS) is 13.1. The van der Waals surface area contributed by atoms with Crippen LogP contribution in [0.2, 0.25) is 0 Å². The number of hydrogen-bond donors (Lipinski definition) is 2. The van der Waals surface area contributed by atoms with Gasteiger partial charge in [-0.1, -0.05) is 12.1 Å². The fraction of sp³-hybridized carbons (Fsp3) is 0.174. The van der Waals surface area contributed by atoms with Crippen molar-refractivity contribution in [2.75, 3.05) is 19.0 Å². The number of nitrogens with zero attached hydrogens (tertiary/aromatic N) is 3. The maximum absolute atomic E-state index is 5.60. The minimum absolute atomic E-state index is 0.548. The zero-order valence-corrected chi connectivity index (χ0v) is 16.1. The lowest BCUT2D eigenvalue weighted by Crippen LogP contribution is -2.23. The van der Waals surface area contributed by atoms with Crippen LogP contribution in [-0.2, 0) is 13.0 Å². The van der Waals surface area contributed by atoms with Crippen molar-refractivity contribution >= 4 is 22.5 Å². The van der Waals surface area contributed by atoms with Crippen molar-refractivity contribution in [3.63, 3.8) is 0 Å². The summed E-state index contributed by atoms with van der Waals surface area (Å²) in [4.78, 5) is 13.3. The van der Waals surface area contributed by atoms with E-state index in [4.69, 9.17) is 9.72 Å². The van der Waals surface area contributed by atoms with Gasteiger partial charge in [0.25, 0.3) is 0 Å². The fourth-order valence-corrected chi connectivity index (χ4v) is 3.70. The average molecular weight is 383 g/mol. The monoisotopic (exact) mass is 383 g/mol. The quantitative estimate of drug-likeness (QED) is 0.553. The van der Waals surface area contributed by atoms with Gasteiger partial charge in [-0.15, -0.1) is 0 Å². The average Bonchev–Trinajstić information content (AvgIpc) is 2.78. The van der Waals surface area contributed by atoms with E-state index >= 15 is 0 Å². The van der Waals surface area contributed by atoms with Crippen LogP contribution in [0.3, 0.4) is 0 Å². The highest BCUT2D eigenvalue weighted by atomic mass is 16.5. The molecule has 6 heteroatoms. The van der Waals surface area contributed by atoms with Crippen molar-refractivity contribution in [1.82, 2.24) is 20.3 Å². The topological polar surface area (TPSA) is 72.0 Å². The molecule has 1 aliphatic rings. The minimum atomic E-state index is 0.548. The predicted molar refractivity (Wildman–Crippen MR) is 114 cm³/mol. The van der Waals surface area contributed by atoms with Crippen molar-refractivity contribution in [1.29, 1.82) is 0 Å². The number of nitrogens with one attached hydrogen (secondary N) is 2. The van der Waals surface area contributed by atoms with Crippen LogP contribution in [0.15, 0.2) is 61.1 Å². The van der Waals surface area contributed by atoms with E-state index in [-0.39, 0.29) is 0 Å². The van der Waals surface area contributed by atoms with Crippen molar-refractivity contribution in [3.8, 4) is 16.9 Å². The third-order valence-corrected chi connectivity index (χ3v) is 5.25. The summed E-state index contributed by atoms with van der Waals surface area (Å²) in [6.45, 7) is 1.86. The molecule has 0 unspecified atom stereocenters. The Morgan fingerprint density at radius 2 is 1.90 bits per heavy atom. The van der Waals surface area contributed by atoms with E-state index in [1.54, 1.807) is 19.5 Å². The predicted octanol–water partition coefficient (Wildman–Crippen LogP) is 4.09. The zero-order chi connectivity index (χ0) is 19.6. The first-order valence-corrected chi connectivity index (χ1v) is 9.65. The number of anilines is 2. The molecule has 0 saturated carbocycles. The van der Waals surface area contributed by atoms with E-state index in [0.29, 0.717) is 5.95 Å². The van der Waals surface area contributed by atoms with Crippen LogP contribution in [0.25, 0.3) is 22.0 Å². The highest BCUT2D eigenvalue weighted by molar-refractivity contribution is 5.84. The molecule has 1 aliphatic heterocycles. The lowest BCUT2D eigenvalue weighted by atomic mass is 10.00. The summed E-state index contributed by atoms with van der Waals surface area (Å²) in [6, 6.07) is 14.4. The Kier molecular flexibility index (Phi) is 4.54. The second kappa shape index (κ2) is 7.48. The summed E-state index contributed by atoms with van der Waals surface area (Å²) in [5.41, 5.74) is 6.57. The van der Waals surface area contributed by atoms with Gasteiger partial charge >= 0.3 is 0 Å². The molecule has 2 aromatic heterocycles. The molecule has 0 aliphatic carbocycles. The van der Waals surface area contributed by atoms with Gasteiger partial charge in [-0.2, -0.15) is 0 Å². The molecule has 0 spiro atoms. The van der Waals surface area contributed by atoms with E-state index in [1.807, 2.05) is 24.4 Å². The minimum Gasteiger partial charge on any atom is -0.495 e. The van der Waals surface area contributed by atoms with Gasteiger partial charge in [-0.3, -0.25) is 4.98 Å². The molecule has 0 fully saturated rings. The van der Waals surface area contributed by atoms with Crippen LogP contribution >= 0.6 is 0 Å². The van der Waals surface area contributed by atoms with Gasteiger partial charge in [-0.25, -0.2) is 9.97 Å². The van der Waals surface area contributed by atoms with Crippen molar-refractivity contribution in [3.05, 3.63) is 72.2 Å². The molecule has 0 amide bonds. The highest BCUT2D eigenvalue weighted by Gasteiger charge is 2.14. The molecule has 29 heavy (non-hydrogen) atoms. The van der Waals surface area contributed by atoms with Crippen LogP contribution in [-0.4, -0.2) is 28.6 Å². The van der Waals surface area contributed by atoms with Gasteiger partial charge in [0.1, 0.15) is 5.75 Å². The second-order valence-corrected chi connectivity index (χ2v) is 7.08. The Morgan fingerprint density at radius 3 is 2.76 bits per heavy atom. The van der Waals surface area contributed by atoms with Crippen LogP contribution < -0.4 is 15.4 Å². The van der Waals surface area contributed by atoms with Crippen molar-refractivity contribution in [2.45, 2.75) is 13.0 Å². The molecule has 5 rings (SSSR count). The Labute approximate surface area is 169 Å². The van der Waals surface area contributed by atoms with E-state index in [2.05, 4.69) is 44.9 Å². The molecule has 3 heterocycles. The fourth-order valence-electron chi connectivity index (χ4n) is 3.70. The molecule has 4 aromatic rings. The first-order chi connectivity index (χ1) is 14.3. The number of rotatable bonds is 4. The van der Waals surface area contributed by atoms with Gasteiger partial charge in [-0.05, 0) is 65.6 Å². The van der Waals surface area contributed by atoms with Gasteiger partial charge < -0.3 is 15.4 Å². The molecule has 2 aromatic carbocycles. The Morgan fingerprint density at radius 1 is 1.00 bits per heavy atom.